The van der Waals surface area contributed by atoms with E-state index in [0.29, 0.717) is 5.71 Å². The third-order valence-corrected chi connectivity index (χ3v) is 2.73. The fourth-order valence-corrected chi connectivity index (χ4v) is 1.83. The zero-order valence-corrected chi connectivity index (χ0v) is 10.3. The van der Waals surface area contributed by atoms with Crippen molar-refractivity contribution >= 4 is 11.4 Å². The van der Waals surface area contributed by atoms with E-state index in [1.807, 2.05) is 44.7 Å². The summed E-state index contributed by atoms with van der Waals surface area (Å²) in [6, 6.07) is 6.03. The summed E-state index contributed by atoms with van der Waals surface area (Å²) in [4.78, 5) is 0. The highest BCUT2D eigenvalue weighted by Crippen LogP contribution is 2.25. The Morgan fingerprint density at radius 3 is 2.65 bits per heavy atom. The highest BCUT2D eigenvalue weighted by Gasteiger charge is 2.06. The standard InChI is InChI=1S/C13H16N4/c1-9(14)12-5-4-10(6-13(12)15-2)11-7-16-17(3)8-11/h4-8,14-15H,1-3H3. The quantitative estimate of drug-likeness (QED) is 0.793. The first kappa shape index (κ1) is 11.4. The molecule has 0 atom stereocenters. The average molecular weight is 228 g/mol. The van der Waals surface area contributed by atoms with Crippen molar-refractivity contribution < 1.29 is 0 Å². The summed E-state index contributed by atoms with van der Waals surface area (Å²) in [6.07, 6.45) is 3.82. The van der Waals surface area contributed by atoms with Crippen LogP contribution >= 0.6 is 0 Å². The lowest BCUT2D eigenvalue weighted by Crippen LogP contribution is -2.00. The van der Waals surface area contributed by atoms with Gasteiger partial charge in [0.05, 0.1) is 6.20 Å². The van der Waals surface area contributed by atoms with Crippen molar-refractivity contribution in [1.29, 1.82) is 5.41 Å². The molecule has 0 fully saturated rings. The molecule has 2 N–H and O–H groups in total. The average Bonchev–Trinajstić information content (AvgIpc) is 2.75. The summed E-state index contributed by atoms with van der Waals surface area (Å²) in [5.74, 6) is 0. The number of nitrogens with zero attached hydrogens (tertiary/aromatic N) is 2. The van der Waals surface area contributed by atoms with Gasteiger partial charge in [0.2, 0.25) is 0 Å². The number of hydrogen-bond acceptors (Lipinski definition) is 3. The Bertz CT molecular complexity index is 554. The minimum Gasteiger partial charge on any atom is -0.388 e. The number of aryl methyl sites for hydroxylation is 1. The van der Waals surface area contributed by atoms with E-state index in [1.165, 1.54) is 0 Å². The van der Waals surface area contributed by atoms with E-state index < -0.39 is 0 Å². The second-order valence-electron chi connectivity index (χ2n) is 4.04. The highest BCUT2D eigenvalue weighted by atomic mass is 15.2. The van der Waals surface area contributed by atoms with Crippen LogP contribution in [0.25, 0.3) is 11.1 Å². The summed E-state index contributed by atoms with van der Waals surface area (Å²) in [5.41, 5.74) is 4.65. The van der Waals surface area contributed by atoms with Gasteiger partial charge in [-0.2, -0.15) is 5.10 Å². The van der Waals surface area contributed by atoms with Gasteiger partial charge in [-0.05, 0) is 18.6 Å². The predicted octanol–water partition coefficient (Wildman–Crippen LogP) is 2.52. The fraction of sp³-hybridized carbons (Fsp3) is 0.231. The molecule has 0 aliphatic carbocycles. The van der Waals surface area contributed by atoms with Gasteiger partial charge in [0.15, 0.2) is 0 Å². The number of anilines is 1. The summed E-state index contributed by atoms with van der Waals surface area (Å²) in [5, 5.41) is 15.0. The van der Waals surface area contributed by atoms with Crippen LogP contribution in [-0.4, -0.2) is 22.5 Å². The molecule has 0 aliphatic rings. The van der Waals surface area contributed by atoms with E-state index in [0.717, 1.165) is 22.4 Å². The topological polar surface area (TPSA) is 53.7 Å². The van der Waals surface area contributed by atoms with Gasteiger partial charge in [-0.15, -0.1) is 0 Å². The van der Waals surface area contributed by atoms with Gasteiger partial charge >= 0.3 is 0 Å². The molecule has 0 amide bonds. The maximum atomic E-state index is 7.70. The van der Waals surface area contributed by atoms with Gasteiger partial charge in [-0.3, -0.25) is 4.68 Å². The van der Waals surface area contributed by atoms with E-state index in [-0.39, 0.29) is 0 Å². The van der Waals surface area contributed by atoms with E-state index in [2.05, 4.69) is 10.4 Å². The molecule has 0 bridgehead atoms. The SMILES string of the molecule is CNc1cc(-c2cnn(C)c2)ccc1C(C)=N. The molecular weight excluding hydrogens is 212 g/mol. The Kier molecular flexibility index (Phi) is 2.95. The molecule has 2 aromatic rings. The summed E-state index contributed by atoms with van der Waals surface area (Å²) in [7, 11) is 3.77. The number of benzene rings is 1. The first-order valence-electron chi connectivity index (χ1n) is 5.48. The largest absolute Gasteiger partial charge is 0.388 e. The van der Waals surface area contributed by atoms with Crippen LogP contribution in [0.3, 0.4) is 0 Å². The van der Waals surface area contributed by atoms with E-state index >= 15 is 0 Å². The molecule has 1 aromatic heterocycles. The van der Waals surface area contributed by atoms with Gasteiger partial charge in [-0.1, -0.05) is 12.1 Å². The Morgan fingerprint density at radius 1 is 1.35 bits per heavy atom. The third-order valence-electron chi connectivity index (χ3n) is 2.73. The zero-order chi connectivity index (χ0) is 12.4. The summed E-state index contributed by atoms with van der Waals surface area (Å²) >= 11 is 0. The van der Waals surface area contributed by atoms with Crippen LogP contribution < -0.4 is 5.32 Å². The van der Waals surface area contributed by atoms with Crippen molar-refractivity contribution in [3.8, 4) is 11.1 Å². The molecule has 1 heterocycles. The van der Waals surface area contributed by atoms with Gasteiger partial charge in [0, 0.05) is 42.8 Å². The lowest BCUT2D eigenvalue weighted by molar-refractivity contribution is 0.768. The second kappa shape index (κ2) is 4.41. The first-order valence-corrected chi connectivity index (χ1v) is 5.48. The van der Waals surface area contributed by atoms with Crippen molar-refractivity contribution in [3.63, 3.8) is 0 Å². The minimum atomic E-state index is 0.562. The van der Waals surface area contributed by atoms with Gasteiger partial charge in [-0.25, -0.2) is 0 Å². The third kappa shape index (κ3) is 2.20. The second-order valence-corrected chi connectivity index (χ2v) is 4.04. The fourth-order valence-electron chi connectivity index (χ4n) is 1.83. The van der Waals surface area contributed by atoms with Gasteiger partial charge < -0.3 is 10.7 Å². The van der Waals surface area contributed by atoms with Crippen LogP contribution in [0.15, 0.2) is 30.6 Å². The van der Waals surface area contributed by atoms with Crippen LogP contribution in [0.5, 0.6) is 0 Å². The van der Waals surface area contributed by atoms with Gasteiger partial charge in [0.25, 0.3) is 0 Å². The number of rotatable bonds is 3. The molecule has 4 heteroatoms. The normalized spacial score (nSPS) is 10.3. The van der Waals surface area contributed by atoms with Crippen LogP contribution in [0.2, 0.25) is 0 Å². The number of aromatic nitrogens is 2. The summed E-state index contributed by atoms with van der Waals surface area (Å²) < 4.78 is 1.78. The zero-order valence-electron chi connectivity index (χ0n) is 10.3. The molecule has 0 saturated heterocycles. The summed E-state index contributed by atoms with van der Waals surface area (Å²) in [6.45, 7) is 1.79. The maximum Gasteiger partial charge on any atom is 0.0568 e. The predicted molar refractivity (Wildman–Crippen MR) is 70.7 cm³/mol. The van der Waals surface area contributed by atoms with Crippen molar-refractivity contribution in [3.05, 3.63) is 36.2 Å². The van der Waals surface area contributed by atoms with Crippen LogP contribution in [0.1, 0.15) is 12.5 Å². The Hall–Kier alpha value is -2.10. The molecular formula is C13H16N4. The molecule has 0 aliphatic heterocycles. The van der Waals surface area contributed by atoms with Crippen molar-refractivity contribution in [2.45, 2.75) is 6.92 Å². The molecule has 0 spiro atoms. The van der Waals surface area contributed by atoms with Crippen LogP contribution in [0, 0.1) is 5.41 Å². The van der Waals surface area contributed by atoms with Crippen LogP contribution in [-0.2, 0) is 7.05 Å². The molecule has 0 saturated carbocycles. The van der Waals surface area contributed by atoms with E-state index in [1.54, 1.807) is 11.6 Å². The van der Waals surface area contributed by atoms with Crippen molar-refractivity contribution in [2.24, 2.45) is 7.05 Å². The van der Waals surface area contributed by atoms with Crippen molar-refractivity contribution in [2.75, 3.05) is 12.4 Å². The Morgan fingerprint density at radius 2 is 2.12 bits per heavy atom. The molecule has 2 rings (SSSR count). The molecule has 1 aromatic carbocycles. The lowest BCUT2D eigenvalue weighted by atomic mass is 10.0. The van der Waals surface area contributed by atoms with E-state index in [4.69, 9.17) is 5.41 Å². The smallest absolute Gasteiger partial charge is 0.0568 e. The van der Waals surface area contributed by atoms with Gasteiger partial charge in [0.1, 0.15) is 0 Å². The molecule has 4 nitrogen and oxygen atoms in total. The molecule has 17 heavy (non-hydrogen) atoms. The van der Waals surface area contributed by atoms with E-state index in [9.17, 15) is 0 Å². The maximum absolute atomic E-state index is 7.70. The van der Waals surface area contributed by atoms with Crippen molar-refractivity contribution in [1.82, 2.24) is 9.78 Å². The highest BCUT2D eigenvalue weighted by molar-refractivity contribution is 6.02. The number of hydrogen-bond donors (Lipinski definition) is 2. The number of nitrogens with one attached hydrogen (secondary N) is 2. The molecule has 88 valence electrons. The Labute approximate surface area is 101 Å². The molecule has 0 radical (unpaired) electrons. The minimum absolute atomic E-state index is 0.562. The Balaban J connectivity index is 2.48. The lowest BCUT2D eigenvalue weighted by Gasteiger charge is -2.09. The first-order chi connectivity index (χ1) is 8.11. The molecule has 0 unspecified atom stereocenters. The van der Waals surface area contributed by atoms with Crippen LogP contribution in [0.4, 0.5) is 5.69 Å². The monoisotopic (exact) mass is 228 g/mol.